The predicted molar refractivity (Wildman–Crippen MR) is 69.7 cm³/mol. The first-order valence-electron chi connectivity index (χ1n) is 5.83. The van der Waals surface area contributed by atoms with Gasteiger partial charge in [0.05, 0.1) is 26.0 Å². The average Bonchev–Trinajstić information content (AvgIpc) is 2.48. The van der Waals surface area contributed by atoms with Gasteiger partial charge in [-0.3, -0.25) is 4.79 Å². The van der Waals surface area contributed by atoms with Crippen LogP contribution >= 0.6 is 0 Å². The number of rotatable bonds is 4. The van der Waals surface area contributed by atoms with Crippen LogP contribution in [0.15, 0.2) is 24.4 Å². The molecule has 1 heterocycles. The number of carbonyl (C=O) groups is 1. The van der Waals surface area contributed by atoms with Gasteiger partial charge in [-0.15, -0.1) is 0 Å². The van der Waals surface area contributed by atoms with Crippen molar-refractivity contribution < 1.29 is 18.7 Å². The lowest BCUT2D eigenvalue weighted by atomic mass is 10.0. The Kier molecular flexibility index (Phi) is 3.93. The number of methoxy groups -OCH3 is 2. The summed E-state index contributed by atoms with van der Waals surface area (Å²) in [5, 5.41) is 0. The zero-order valence-corrected chi connectivity index (χ0v) is 11.3. The molecule has 5 nitrogen and oxygen atoms in total. The molecule has 0 N–H and O–H groups in total. The lowest BCUT2D eigenvalue weighted by molar-refractivity contribution is 0.102. The molecule has 2 rings (SSSR count). The van der Waals surface area contributed by atoms with Gasteiger partial charge in [0.1, 0.15) is 5.82 Å². The summed E-state index contributed by atoms with van der Waals surface area (Å²) < 4.78 is 23.9. The van der Waals surface area contributed by atoms with Crippen LogP contribution in [0.2, 0.25) is 0 Å². The number of aromatic nitrogens is 2. The number of halogens is 1. The average molecular weight is 276 g/mol. The summed E-state index contributed by atoms with van der Waals surface area (Å²) >= 11 is 0. The molecule has 0 aliphatic rings. The van der Waals surface area contributed by atoms with Crippen molar-refractivity contribution in [3.05, 3.63) is 47.0 Å². The molecule has 1 aromatic carbocycles. The summed E-state index contributed by atoms with van der Waals surface area (Å²) in [5.74, 6) is -0.950. The van der Waals surface area contributed by atoms with Crippen molar-refractivity contribution in [3.8, 4) is 11.8 Å². The van der Waals surface area contributed by atoms with Crippen LogP contribution in [0, 0.1) is 12.7 Å². The van der Waals surface area contributed by atoms with Crippen molar-refractivity contribution >= 4 is 5.78 Å². The van der Waals surface area contributed by atoms with Gasteiger partial charge < -0.3 is 9.47 Å². The highest BCUT2D eigenvalue weighted by Crippen LogP contribution is 2.22. The van der Waals surface area contributed by atoms with Crippen LogP contribution in [0.4, 0.5) is 4.39 Å². The standard InChI is InChI=1S/C14H13FN2O3/c1-8-5-4-6-9(11(8)15)13(18)12-14(20-3)17-10(19-2)7-16-12/h4-7H,1-3H3. The zero-order valence-electron chi connectivity index (χ0n) is 11.3. The predicted octanol–water partition coefficient (Wildman–Crippen LogP) is 2.17. The van der Waals surface area contributed by atoms with E-state index < -0.39 is 11.6 Å². The second kappa shape index (κ2) is 5.64. The quantitative estimate of drug-likeness (QED) is 0.801. The molecule has 1 aromatic heterocycles. The topological polar surface area (TPSA) is 61.3 Å². The van der Waals surface area contributed by atoms with E-state index in [1.54, 1.807) is 19.1 Å². The second-order valence-corrected chi connectivity index (χ2v) is 4.04. The first-order chi connectivity index (χ1) is 9.58. The van der Waals surface area contributed by atoms with E-state index in [1.165, 1.54) is 26.5 Å². The molecule has 0 spiro atoms. The fourth-order valence-corrected chi connectivity index (χ4v) is 1.70. The summed E-state index contributed by atoms with van der Waals surface area (Å²) in [6.45, 7) is 1.59. The third-order valence-electron chi connectivity index (χ3n) is 2.77. The molecule has 0 aliphatic heterocycles. The molecule has 0 saturated carbocycles. The first-order valence-corrected chi connectivity index (χ1v) is 5.83. The maximum absolute atomic E-state index is 14.0. The van der Waals surface area contributed by atoms with Gasteiger partial charge >= 0.3 is 0 Å². The van der Waals surface area contributed by atoms with Crippen LogP contribution in [0.5, 0.6) is 11.8 Å². The molecule has 0 radical (unpaired) electrons. The Morgan fingerprint density at radius 3 is 2.65 bits per heavy atom. The Balaban J connectivity index is 2.50. The number of ketones is 1. The van der Waals surface area contributed by atoms with Gasteiger partial charge in [-0.25, -0.2) is 9.37 Å². The molecular weight excluding hydrogens is 263 g/mol. The molecular formula is C14H13FN2O3. The van der Waals surface area contributed by atoms with Crippen molar-refractivity contribution in [3.63, 3.8) is 0 Å². The third-order valence-corrected chi connectivity index (χ3v) is 2.77. The molecule has 6 heteroatoms. The van der Waals surface area contributed by atoms with Crippen molar-refractivity contribution in [2.75, 3.05) is 14.2 Å². The number of hydrogen-bond acceptors (Lipinski definition) is 5. The first kappa shape index (κ1) is 13.9. The molecule has 0 aliphatic carbocycles. The summed E-state index contributed by atoms with van der Waals surface area (Å²) in [6.07, 6.45) is 1.28. The molecule has 0 bridgehead atoms. The molecule has 0 amide bonds. The highest BCUT2D eigenvalue weighted by Gasteiger charge is 2.22. The highest BCUT2D eigenvalue weighted by molar-refractivity contribution is 6.09. The fraction of sp³-hybridized carbons (Fsp3) is 0.214. The lowest BCUT2D eigenvalue weighted by Crippen LogP contribution is -2.11. The van der Waals surface area contributed by atoms with Gasteiger partial charge in [0.2, 0.25) is 17.5 Å². The van der Waals surface area contributed by atoms with E-state index in [1.807, 2.05) is 0 Å². The number of nitrogens with zero attached hydrogens (tertiary/aromatic N) is 2. The number of aryl methyl sites for hydroxylation is 1. The number of hydrogen-bond donors (Lipinski definition) is 0. The Labute approximate surface area is 115 Å². The van der Waals surface area contributed by atoms with Gasteiger partial charge in [-0.2, -0.15) is 4.98 Å². The van der Waals surface area contributed by atoms with E-state index in [9.17, 15) is 9.18 Å². The SMILES string of the molecule is COc1cnc(C(=O)c2cccc(C)c2F)c(OC)n1. The molecule has 0 atom stereocenters. The van der Waals surface area contributed by atoms with Crippen LogP contribution in [-0.4, -0.2) is 30.0 Å². The highest BCUT2D eigenvalue weighted by atomic mass is 19.1. The summed E-state index contributed by atoms with van der Waals surface area (Å²) in [5.41, 5.74) is 0.261. The van der Waals surface area contributed by atoms with E-state index in [2.05, 4.69) is 9.97 Å². The van der Waals surface area contributed by atoms with Crippen molar-refractivity contribution in [1.29, 1.82) is 0 Å². The van der Waals surface area contributed by atoms with Crippen molar-refractivity contribution in [2.24, 2.45) is 0 Å². The maximum atomic E-state index is 14.0. The Hall–Kier alpha value is -2.50. The van der Waals surface area contributed by atoms with E-state index >= 15 is 0 Å². The van der Waals surface area contributed by atoms with Crippen LogP contribution < -0.4 is 9.47 Å². The fourth-order valence-electron chi connectivity index (χ4n) is 1.70. The molecule has 2 aromatic rings. The molecule has 104 valence electrons. The number of carbonyl (C=O) groups excluding carboxylic acids is 1. The van der Waals surface area contributed by atoms with Crippen LogP contribution in [0.1, 0.15) is 21.6 Å². The molecule has 0 unspecified atom stereocenters. The minimum Gasteiger partial charge on any atom is -0.480 e. The molecule has 0 fully saturated rings. The number of benzene rings is 1. The minimum atomic E-state index is -0.585. The smallest absolute Gasteiger partial charge is 0.247 e. The number of ether oxygens (including phenoxy) is 2. The van der Waals surface area contributed by atoms with Crippen molar-refractivity contribution in [2.45, 2.75) is 6.92 Å². The van der Waals surface area contributed by atoms with E-state index in [0.717, 1.165) is 0 Å². The van der Waals surface area contributed by atoms with Crippen LogP contribution in [0.25, 0.3) is 0 Å². The normalized spacial score (nSPS) is 10.2. The van der Waals surface area contributed by atoms with Gasteiger partial charge in [-0.05, 0) is 18.6 Å². The molecule has 0 saturated heterocycles. The summed E-state index contributed by atoms with van der Waals surface area (Å²) in [4.78, 5) is 20.2. The van der Waals surface area contributed by atoms with E-state index in [4.69, 9.17) is 9.47 Å². The van der Waals surface area contributed by atoms with Gasteiger partial charge in [-0.1, -0.05) is 12.1 Å². The van der Waals surface area contributed by atoms with Crippen molar-refractivity contribution in [1.82, 2.24) is 9.97 Å². The van der Waals surface area contributed by atoms with E-state index in [0.29, 0.717) is 5.56 Å². The second-order valence-electron chi connectivity index (χ2n) is 4.04. The Morgan fingerprint density at radius 2 is 2.00 bits per heavy atom. The van der Waals surface area contributed by atoms with Gasteiger partial charge in [0, 0.05) is 0 Å². The molecule has 20 heavy (non-hydrogen) atoms. The largest absolute Gasteiger partial charge is 0.480 e. The third kappa shape index (κ3) is 2.45. The summed E-state index contributed by atoms with van der Waals surface area (Å²) in [6, 6.07) is 4.59. The van der Waals surface area contributed by atoms with Gasteiger partial charge in [0.25, 0.3) is 0 Å². The minimum absolute atomic E-state index is 0.00439. The van der Waals surface area contributed by atoms with Crippen LogP contribution in [-0.2, 0) is 0 Å². The zero-order chi connectivity index (χ0) is 14.7. The summed E-state index contributed by atoms with van der Waals surface area (Å²) in [7, 11) is 2.78. The lowest BCUT2D eigenvalue weighted by Gasteiger charge is -2.08. The monoisotopic (exact) mass is 276 g/mol. The Morgan fingerprint density at radius 1 is 1.25 bits per heavy atom. The van der Waals surface area contributed by atoms with Gasteiger partial charge in [0.15, 0.2) is 5.69 Å². The van der Waals surface area contributed by atoms with E-state index in [-0.39, 0.29) is 23.0 Å². The van der Waals surface area contributed by atoms with Crippen LogP contribution in [0.3, 0.4) is 0 Å². The maximum Gasteiger partial charge on any atom is 0.247 e. The Bertz CT molecular complexity index is 659.